The van der Waals surface area contributed by atoms with Crippen LogP contribution in [0.25, 0.3) is 0 Å². The molecule has 0 bridgehead atoms. The van der Waals surface area contributed by atoms with Gasteiger partial charge in [0, 0.05) is 23.8 Å². The predicted molar refractivity (Wildman–Crippen MR) is 84.0 cm³/mol. The molecule has 2 aromatic rings. The maximum atomic E-state index is 9.21. The molecule has 0 amide bonds. The fourth-order valence-corrected chi connectivity index (χ4v) is 2.90. The molecule has 1 saturated heterocycles. The Morgan fingerprint density at radius 1 is 1.33 bits per heavy atom. The summed E-state index contributed by atoms with van der Waals surface area (Å²) in [7, 11) is 0. The number of halogens is 1. The molecule has 0 spiro atoms. The topological polar surface area (TPSA) is 49.2 Å². The molecular weight excluding hydrogens is 330 g/mol. The molecule has 2 heterocycles. The Hall–Kier alpha value is -1.90. The highest BCUT2D eigenvalue weighted by Crippen LogP contribution is 2.28. The Morgan fingerprint density at radius 3 is 3.05 bits per heavy atom. The van der Waals surface area contributed by atoms with Gasteiger partial charge in [-0.05, 0) is 29.8 Å². The quantitative estimate of drug-likeness (QED) is 0.839. The smallest absolute Gasteiger partial charge is 0.146 e. The summed E-state index contributed by atoms with van der Waals surface area (Å²) in [4.78, 5) is 6.48. The standard InChI is InChI=1S/C16H14BrN3O/c17-14-5-1-3-12(9-14)15-11-20(7-8-21-15)16-13(10-18)4-2-6-19-16/h1-6,9,15H,7-8,11H2/t15-/m1/s1. The normalized spacial score (nSPS) is 18.3. The first-order valence-corrected chi connectivity index (χ1v) is 7.54. The summed E-state index contributed by atoms with van der Waals surface area (Å²) in [6.45, 7) is 2.07. The number of hydrogen-bond donors (Lipinski definition) is 0. The minimum Gasteiger partial charge on any atom is -0.370 e. The van der Waals surface area contributed by atoms with Crippen LogP contribution in [0.1, 0.15) is 17.2 Å². The van der Waals surface area contributed by atoms with Crippen molar-refractivity contribution in [1.82, 2.24) is 4.98 Å². The van der Waals surface area contributed by atoms with Gasteiger partial charge in [0.1, 0.15) is 18.0 Å². The highest BCUT2D eigenvalue weighted by atomic mass is 79.9. The molecule has 0 radical (unpaired) electrons. The number of anilines is 1. The second-order valence-electron chi connectivity index (χ2n) is 4.85. The number of rotatable bonds is 2. The van der Waals surface area contributed by atoms with E-state index in [1.165, 1.54) is 0 Å². The van der Waals surface area contributed by atoms with E-state index in [0.29, 0.717) is 18.7 Å². The number of morpholine rings is 1. The van der Waals surface area contributed by atoms with Crippen molar-refractivity contribution in [2.24, 2.45) is 0 Å². The minimum absolute atomic E-state index is 0.00945. The number of ether oxygens (including phenoxy) is 1. The second-order valence-corrected chi connectivity index (χ2v) is 5.76. The zero-order chi connectivity index (χ0) is 14.7. The van der Waals surface area contributed by atoms with Gasteiger partial charge in [-0.2, -0.15) is 5.26 Å². The number of benzene rings is 1. The molecule has 1 aromatic carbocycles. The molecular formula is C16H14BrN3O. The highest BCUT2D eigenvalue weighted by Gasteiger charge is 2.24. The van der Waals surface area contributed by atoms with Crippen LogP contribution in [0.15, 0.2) is 47.1 Å². The van der Waals surface area contributed by atoms with Gasteiger partial charge in [0.05, 0.1) is 12.2 Å². The molecule has 0 aliphatic carbocycles. The first-order valence-electron chi connectivity index (χ1n) is 6.75. The minimum atomic E-state index is -0.00945. The van der Waals surface area contributed by atoms with Crippen molar-refractivity contribution in [3.05, 3.63) is 58.2 Å². The van der Waals surface area contributed by atoms with Crippen molar-refractivity contribution in [1.29, 1.82) is 5.26 Å². The molecule has 1 aromatic heterocycles. The van der Waals surface area contributed by atoms with Gasteiger partial charge in [0.15, 0.2) is 0 Å². The summed E-state index contributed by atoms with van der Waals surface area (Å²) < 4.78 is 6.91. The lowest BCUT2D eigenvalue weighted by atomic mass is 10.1. The largest absolute Gasteiger partial charge is 0.370 e. The third-order valence-electron chi connectivity index (χ3n) is 3.49. The maximum Gasteiger partial charge on any atom is 0.146 e. The lowest BCUT2D eigenvalue weighted by Crippen LogP contribution is -2.39. The van der Waals surface area contributed by atoms with Crippen molar-refractivity contribution < 1.29 is 4.74 Å². The average molecular weight is 344 g/mol. The van der Waals surface area contributed by atoms with E-state index in [2.05, 4.69) is 44.0 Å². The van der Waals surface area contributed by atoms with Crippen molar-refractivity contribution in [2.45, 2.75) is 6.10 Å². The molecule has 106 valence electrons. The zero-order valence-corrected chi connectivity index (χ0v) is 13.0. The van der Waals surface area contributed by atoms with Crippen LogP contribution in [0.5, 0.6) is 0 Å². The fraction of sp³-hybridized carbons (Fsp3) is 0.250. The van der Waals surface area contributed by atoms with E-state index in [9.17, 15) is 5.26 Å². The predicted octanol–water partition coefficient (Wildman–Crippen LogP) is 3.29. The fourth-order valence-electron chi connectivity index (χ4n) is 2.49. The van der Waals surface area contributed by atoms with E-state index in [1.54, 1.807) is 18.3 Å². The summed E-state index contributed by atoms with van der Waals surface area (Å²) in [6.07, 6.45) is 1.71. The summed E-state index contributed by atoms with van der Waals surface area (Å²) in [5, 5.41) is 9.21. The van der Waals surface area contributed by atoms with Gasteiger partial charge in [0.2, 0.25) is 0 Å². The third kappa shape index (κ3) is 3.07. The van der Waals surface area contributed by atoms with Crippen molar-refractivity contribution in [3.8, 4) is 6.07 Å². The zero-order valence-electron chi connectivity index (χ0n) is 11.4. The van der Waals surface area contributed by atoms with Gasteiger partial charge in [-0.15, -0.1) is 0 Å². The lowest BCUT2D eigenvalue weighted by Gasteiger charge is -2.34. The summed E-state index contributed by atoms with van der Waals surface area (Å²) >= 11 is 3.49. The Morgan fingerprint density at radius 2 is 2.24 bits per heavy atom. The van der Waals surface area contributed by atoms with Crippen LogP contribution in [0.4, 0.5) is 5.82 Å². The lowest BCUT2D eigenvalue weighted by molar-refractivity contribution is 0.0395. The number of nitriles is 1. The number of hydrogen-bond acceptors (Lipinski definition) is 4. The van der Waals surface area contributed by atoms with E-state index < -0.39 is 0 Å². The Labute approximate surface area is 132 Å². The monoisotopic (exact) mass is 343 g/mol. The highest BCUT2D eigenvalue weighted by molar-refractivity contribution is 9.10. The van der Waals surface area contributed by atoms with Gasteiger partial charge < -0.3 is 9.64 Å². The van der Waals surface area contributed by atoms with Crippen molar-refractivity contribution in [2.75, 3.05) is 24.6 Å². The molecule has 0 N–H and O–H groups in total. The molecule has 1 fully saturated rings. The summed E-state index contributed by atoms with van der Waals surface area (Å²) in [5.74, 6) is 0.739. The number of pyridine rings is 1. The Bertz CT molecular complexity index is 683. The summed E-state index contributed by atoms with van der Waals surface area (Å²) in [5.41, 5.74) is 1.73. The van der Waals surface area contributed by atoms with Gasteiger partial charge >= 0.3 is 0 Å². The average Bonchev–Trinajstić information content (AvgIpc) is 2.55. The van der Waals surface area contributed by atoms with E-state index in [0.717, 1.165) is 22.4 Å². The number of nitrogens with zero attached hydrogens (tertiary/aromatic N) is 3. The molecule has 3 rings (SSSR count). The van der Waals surface area contributed by atoms with Crippen LogP contribution in [0.2, 0.25) is 0 Å². The van der Waals surface area contributed by atoms with Crippen LogP contribution in [-0.4, -0.2) is 24.7 Å². The van der Waals surface area contributed by atoms with Gasteiger partial charge in [-0.3, -0.25) is 0 Å². The van der Waals surface area contributed by atoms with Crippen molar-refractivity contribution >= 4 is 21.7 Å². The molecule has 1 aliphatic heterocycles. The van der Waals surface area contributed by atoms with Crippen LogP contribution < -0.4 is 4.90 Å². The van der Waals surface area contributed by atoms with Gasteiger partial charge in [-0.1, -0.05) is 28.1 Å². The van der Waals surface area contributed by atoms with Crippen LogP contribution in [0, 0.1) is 11.3 Å². The molecule has 4 nitrogen and oxygen atoms in total. The molecule has 0 unspecified atom stereocenters. The number of aromatic nitrogens is 1. The first-order chi connectivity index (χ1) is 10.3. The van der Waals surface area contributed by atoms with E-state index in [4.69, 9.17) is 4.74 Å². The first kappa shape index (κ1) is 14.1. The van der Waals surface area contributed by atoms with Crippen LogP contribution >= 0.6 is 15.9 Å². The van der Waals surface area contributed by atoms with Crippen molar-refractivity contribution in [3.63, 3.8) is 0 Å². The molecule has 1 atom stereocenters. The second kappa shape index (κ2) is 6.25. The maximum absolute atomic E-state index is 9.21. The molecule has 1 aliphatic rings. The van der Waals surface area contributed by atoms with Gasteiger partial charge in [-0.25, -0.2) is 4.98 Å². The van der Waals surface area contributed by atoms with Gasteiger partial charge in [0.25, 0.3) is 0 Å². The molecule has 0 saturated carbocycles. The Balaban J connectivity index is 1.85. The van der Waals surface area contributed by atoms with E-state index in [1.807, 2.05) is 12.1 Å². The molecule has 5 heteroatoms. The SMILES string of the molecule is N#Cc1cccnc1N1CCO[C@@H](c2cccc(Br)c2)C1. The van der Waals surface area contributed by atoms with Crippen LogP contribution in [-0.2, 0) is 4.74 Å². The third-order valence-corrected chi connectivity index (χ3v) is 3.99. The Kier molecular flexibility index (Phi) is 4.18. The van der Waals surface area contributed by atoms with E-state index in [-0.39, 0.29) is 6.10 Å². The molecule has 21 heavy (non-hydrogen) atoms. The summed E-state index contributed by atoms with van der Waals surface area (Å²) in [6, 6.07) is 13.9. The van der Waals surface area contributed by atoms with Crippen LogP contribution in [0.3, 0.4) is 0 Å². The van der Waals surface area contributed by atoms with E-state index >= 15 is 0 Å².